The van der Waals surface area contributed by atoms with E-state index in [0.29, 0.717) is 44.3 Å². The Labute approximate surface area is 268 Å². The molecule has 2 saturated heterocycles. The lowest BCUT2D eigenvalue weighted by Gasteiger charge is -2.45. The summed E-state index contributed by atoms with van der Waals surface area (Å²) in [4.78, 5) is 52.1. The molecule has 3 atom stereocenters. The van der Waals surface area contributed by atoms with Gasteiger partial charge in [0.25, 0.3) is 5.91 Å². The number of nitrogens with zero attached hydrogens (tertiary/aromatic N) is 4. The van der Waals surface area contributed by atoms with Crippen molar-refractivity contribution in [3.63, 3.8) is 0 Å². The van der Waals surface area contributed by atoms with Crippen LogP contribution >= 0.6 is 0 Å². The summed E-state index contributed by atoms with van der Waals surface area (Å²) < 4.78 is 16.9. The highest BCUT2D eigenvalue weighted by molar-refractivity contribution is 5.98. The number of nitrogens with one attached hydrogen (secondary N) is 1. The third kappa shape index (κ3) is 8.27. The summed E-state index contributed by atoms with van der Waals surface area (Å²) in [7, 11) is 1.73. The number of piperidine rings is 1. The van der Waals surface area contributed by atoms with Crippen LogP contribution in [-0.2, 0) is 19.0 Å². The van der Waals surface area contributed by atoms with Gasteiger partial charge in [-0.1, -0.05) is 13.8 Å². The number of likely N-dealkylation sites (tertiary alicyclic amines) is 1. The van der Waals surface area contributed by atoms with Crippen molar-refractivity contribution in [3.05, 3.63) is 23.5 Å². The summed E-state index contributed by atoms with van der Waals surface area (Å²) >= 11 is 0. The highest BCUT2D eigenvalue weighted by Gasteiger charge is 2.43. The molecule has 2 unspecified atom stereocenters. The van der Waals surface area contributed by atoms with Gasteiger partial charge in [-0.15, -0.1) is 0 Å². The molecule has 0 bridgehead atoms. The van der Waals surface area contributed by atoms with E-state index in [0.717, 1.165) is 36.9 Å². The molecule has 0 radical (unpaired) electrons. The van der Waals surface area contributed by atoms with E-state index in [1.54, 1.807) is 12.0 Å². The standard InChI is InChI=1S/C34H53N5O6/c1-21(2)17-39(32(41)30-29(36-26-14-28(15-26)43-7)13-24(16-35-30)23-8-9-23)27-12-25(31(40)38-10-11-44-20-22(38)3)18-37(19-27)33(42)45-34(4,5)6/h13,16,21-23,25-28,36H,8-12,14-15,17-20H2,1-7H3/t22-,25?,26?,27?,28?/m0/s1. The molecule has 1 N–H and O–H groups in total. The van der Waals surface area contributed by atoms with Crippen molar-refractivity contribution < 1.29 is 28.6 Å². The Bertz CT molecular complexity index is 1220. The summed E-state index contributed by atoms with van der Waals surface area (Å²) in [5.74, 6) is 0.00166. The number of aromatic nitrogens is 1. The average molecular weight is 628 g/mol. The number of methoxy groups -OCH3 is 1. The van der Waals surface area contributed by atoms with E-state index < -0.39 is 17.6 Å². The molecular weight excluding hydrogens is 574 g/mol. The number of pyridine rings is 1. The Hall–Kier alpha value is -2.92. The fourth-order valence-corrected chi connectivity index (χ4v) is 6.67. The van der Waals surface area contributed by atoms with E-state index in [1.807, 2.05) is 43.7 Å². The lowest BCUT2D eigenvalue weighted by molar-refractivity contribution is -0.146. The molecule has 11 nitrogen and oxygen atoms in total. The van der Waals surface area contributed by atoms with E-state index in [1.165, 1.54) is 0 Å². The van der Waals surface area contributed by atoms with E-state index in [-0.39, 0.29) is 55.1 Å². The lowest BCUT2D eigenvalue weighted by atomic mass is 9.88. The summed E-state index contributed by atoms with van der Waals surface area (Å²) in [5, 5.41) is 3.61. The first-order valence-electron chi connectivity index (χ1n) is 16.8. The molecular formula is C34H53N5O6. The van der Waals surface area contributed by atoms with Crippen LogP contribution in [0.25, 0.3) is 0 Å². The zero-order valence-electron chi connectivity index (χ0n) is 28.2. The quantitative estimate of drug-likeness (QED) is 0.425. The molecule has 4 fully saturated rings. The van der Waals surface area contributed by atoms with Gasteiger partial charge in [0.1, 0.15) is 5.60 Å². The molecule has 3 heterocycles. The first kappa shape index (κ1) is 33.4. The monoisotopic (exact) mass is 627 g/mol. The van der Waals surface area contributed by atoms with Crippen LogP contribution in [0, 0.1) is 11.8 Å². The minimum absolute atomic E-state index is 0.00653. The smallest absolute Gasteiger partial charge is 0.410 e. The van der Waals surface area contributed by atoms with Crippen LogP contribution in [0.2, 0.25) is 0 Å². The number of morpholine rings is 1. The van der Waals surface area contributed by atoms with E-state index in [2.05, 4.69) is 25.2 Å². The molecule has 1 aromatic rings. The molecule has 2 aliphatic carbocycles. The molecule has 3 amide bonds. The maximum Gasteiger partial charge on any atom is 0.410 e. The third-order valence-electron chi connectivity index (χ3n) is 9.29. The molecule has 4 aliphatic rings. The van der Waals surface area contributed by atoms with Crippen molar-refractivity contribution in [1.82, 2.24) is 19.7 Å². The molecule has 45 heavy (non-hydrogen) atoms. The van der Waals surface area contributed by atoms with Gasteiger partial charge in [0.2, 0.25) is 5.91 Å². The molecule has 0 aromatic carbocycles. The number of carbonyl (C=O) groups excluding carboxylic acids is 3. The van der Waals surface area contributed by atoms with Gasteiger partial charge in [-0.3, -0.25) is 9.59 Å². The fourth-order valence-electron chi connectivity index (χ4n) is 6.67. The second kappa shape index (κ2) is 13.8. The molecule has 250 valence electrons. The van der Waals surface area contributed by atoms with E-state index in [9.17, 15) is 14.4 Å². The van der Waals surface area contributed by atoms with Crippen molar-refractivity contribution in [2.75, 3.05) is 51.8 Å². The second-order valence-electron chi connectivity index (χ2n) is 14.9. The third-order valence-corrected chi connectivity index (χ3v) is 9.29. The average Bonchev–Trinajstić information content (AvgIpc) is 3.81. The van der Waals surface area contributed by atoms with Crippen molar-refractivity contribution in [2.45, 2.75) is 109 Å². The topological polar surface area (TPSA) is 114 Å². The van der Waals surface area contributed by atoms with Gasteiger partial charge < -0.3 is 34.2 Å². The van der Waals surface area contributed by atoms with Crippen LogP contribution < -0.4 is 5.32 Å². The number of anilines is 1. The van der Waals surface area contributed by atoms with Crippen molar-refractivity contribution in [1.29, 1.82) is 0 Å². The van der Waals surface area contributed by atoms with Gasteiger partial charge in [0.05, 0.1) is 43.0 Å². The number of hydrogen-bond donors (Lipinski definition) is 1. The Morgan fingerprint density at radius 1 is 1.16 bits per heavy atom. The zero-order chi connectivity index (χ0) is 32.5. The first-order valence-corrected chi connectivity index (χ1v) is 16.8. The molecule has 2 aliphatic heterocycles. The van der Waals surface area contributed by atoms with Gasteiger partial charge >= 0.3 is 6.09 Å². The van der Waals surface area contributed by atoms with Crippen molar-refractivity contribution >= 4 is 23.6 Å². The molecule has 11 heteroatoms. The molecule has 5 rings (SSSR count). The normalized spacial score (nSPS) is 27.2. The van der Waals surface area contributed by atoms with E-state index >= 15 is 0 Å². The zero-order valence-corrected chi connectivity index (χ0v) is 28.2. The number of hydrogen-bond acceptors (Lipinski definition) is 8. The van der Waals surface area contributed by atoms with Crippen LogP contribution in [0.5, 0.6) is 0 Å². The van der Waals surface area contributed by atoms with Crippen LogP contribution in [0.4, 0.5) is 10.5 Å². The van der Waals surface area contributed by atoms with Crippen molar-refractivity contribution in [3.8, 4) is 0 Å². The first-order chi connectivity index (χ1) is 21.3. The van der Waals surface area contributed by atoms with Gasteiger partial charge in [-0.25, -0.2) is 9.78 Å². The van der Waals surface area contributed by atoms with Crippen LogP contribution in [0.15, 0.2) is 12.3 Å². The minimum Gasteiger partial charge on any atom is -0.444 e. The second-order valence-corrected chi connectivity index (χ2v) is 14.9. The summed E-state index contributed by atoms with van der Waals surface area (Å²) in [5.41, 5.74) is 1.62. The maximum atomic E-state index is 14.6. The largest absolute Gasteiger partial charge is 0.444 e. The van der Waals surface area contributed by atoms with Crippen LogP contribution in [0.1, 0.15) is 95.6 Å². The predicted octanol–water partition coefficient (Wildman–Crippen LogP) is 4.52. The van der Waals surface area contributed by atoms with Crippen molar-refractivity contribution in [2.24, 2.45) is 11.8 Å². The lowest BCUT2D eigenvalue weighted by Crippen LogP contribution is -2.59. The van der Waals surface area contributed by atoms with Gasteiger partial charge in [0, 0.05) is 45.5 Å². The Kier molecular flexibility index (Phi) is 10.3. The highest BCUT2D eigenvalue weighted by atomic mass is 16.6. The Morgan fingerprint density at radius 3 is 2.51 bits per heavy atom. The number of rotatable bonds is 9. The Balaban J connectivity index is 1.44. The van der Waals surface area contributed by atoms with Crippen LogP contribution in [0.3, 0.4) is 0 Å². The number of amides is 3. The maximum absolute atomic E-state index is 14.6. The molecule has 2 saturated carbocycles. The summed E-state index contributed by atoms with van der Waals surface area (Å²) in [6.07, 6.45) is 6.11. The molecule has 0 spiro atoms. The minimum atomic E-state index is -0.688. The molecule has 1 aromatic heterocycles. The fraction of sp³-hybridized carbons (Fsp3) is 0.765. The van der Waals surface area contributed by atoms with Gasteiger partial charge in [-0.05, 0) is 83.3 Å². The SMILES string of the molecule is COC1CC(Nc2cc(C3CC3)cnc2C(=O)N(CC(C)C)C2CC(C(=O)N3CCOC[C@@H]3C)CN(C(=O)OC(C)(C)C)C2)C1. The number of ether oxygens (including phenoxy) is 3. The summed E-state index contributed by atoms with van der Waals surface area (Å²) in [6.45, 7) is 14.2. The van der Waals surface area contributed by atoms with Gasteiger partial charge in [-0.2, -0.15) is 0 Å². The van der Waals surface area contributed by atoms with Crippen LogP contribution in [-0.4, -0.2) is 114 Å². The van der Waals surface area contributed by atoms with Gasteiger partial charge in [0.15, 0.2) is 5.69 Å². The predicted molar refractivity (Wildman–Crippen MR) is 171 cm³/mol. The Morgan fingerprint density at radius 2 is 1.89 bits per heavy atom. The highest BCUT2D eigenvalue weighted by Crippen LogP contribution is 2.41. The van der Waals surface area contributed by atoms with E-state index in [4.69, 9.17) is 19.2 Å². The number of carbonyl (C=O) groups is 3. The summed E-state index contributed by atoms with van der Waals surface area (Å²) in [6, 6.07) is 1.88.